The van der Waals surface area contributed by atoms with Crippen molar-refractivity contribution < 1.29 is 0 Å². The van der Waals surface area contributed by atoms with Crippen LogP contribution >= 0.6 is 0 Å². The first-order valence-electron chi connectivity index (χ1n) is 3.98. The number of likely N-dealkylation sites (tertiary alicyclic amines) is 1. The molecule has 0 radical (unpaired) electrons. The molecule has 2 nitrogen and oxygen atoms in total. The van der Waals surface area contributed by atoms with E-state index in [-0.39, 0.29) is 0 Å². The lowest BCUT2D eigenvalue weighted by atomic mass is 10.2. The molecule has 0 amide bonds. The molecule has 1 rings (SSSR count). The lowest BCUT2D eigenvalue weighted by Gasteiger charge is -2.17. The average Bonchev–Trinajstić information content (AvgIpc) is 2.13. The fourth-order valence-electron chi connectivity index (χ4n) is 1.53. The van der Waals surface area contributed by atoms with E-state index in [1.807, 2.05) is 0 Å². The Kier molecular flexibility index (Phi) is 2.32. The number of nitrogens with zero attached hydrogens (tertiary/aromatic N) is 2. The van der Waals surface area contributed by atoms with Gasteiger partial charge in [0.2, 0.25) is 0 Å². The van der Waals surface area contributed by atoms with Crippen molar-refractivity contribution in [3.05, 3.63) is 0 Å². The van der Waals surface area contributed by atoms with Crippen LogP contribution in [0, 0.1) is 0 Å². The first-order chi connectivity index (χ1) is 4.61. The van der Waals surface area contributed by atoms with Crippen LogP contribution in [0.4, 0.5) is 0 Å². The molecule has 0 saturated carbocycles. The van der Waals surface area contributed by atoms with Crippen LogP contribution in [0.1, 0.15) is 13.3 Å². The molecule has 1 aliphatic rings. The molecule has 0 aliphatic carbocycles. The maximum absolute atomic E-state index is 2.42. The van der Waals surface area contributed by atoms with E-state index in [1.54, 1.807) is 0 Å². The van der Waals surface area contributed by atoms with Crippen LogP contribution in [0.5, 0.6) is 0 Å². The van der Waals surface area contributed by atoms with E-state index in [0.29, 0.717) is 0 Å². The van der Waals surface area contributed by atoms with E-state index in [1.165, 1.54) is 13.0 Å². The van der Waals surface area contributed by atoms with Crippen LogP contribution < -0.4 is 0 Å². The summed E-state index contributed by atoms with van der Waals surface area (Å²) in [6.45, 7) is 3.53. The second kappa shape index (κ2) is 2.89. The lowest BCUT2D eigenvalue weighted by Crippen LogP contribution is -2.30. The average molecular weight is 142 g/mol. The van der Waals surface area contributed by atoms with Crippen molar-refractivity contribution >= 4 is 0 Å². The minimum absolute atomic E-state index is 0.771. The monoisotopic (exact) mass is 142 g/mol. The third-order valence-electron chi connectivity index (χ3n) is 2.59. The summed E-state index contributed by atoms with van der Waals surface area (Å²) >= 11 is 0. The van der Waals surface area contributed by atoms with Crippen molar-refractivity contribution in [3.63, 3.8) is 0 Å². The van der Waals surface area contributed by atoms with Gasteiger partial charge in [0, 0.05) is 18.6 Å². The molecule has 0 aromatic rings. The van der Waals surface area contributed by atoms with Crippen molar-refractivity contribution in [2.45, 2.75) is 25.4 Å². The van der Waals surface area contributed by atoms with Gasteiger partial charge in [0.25, 0.3) is 0 Å². The number of likely N-dealkylation sites (N-methyl/N-ethyl adjacent to an activating group) is 2. The van der Waals surface area contributed by atoms with Gasteiger partial charge in [-0.15, -0.1) is 0 Å². The highest BCUT2D eigenvalue weighted by Gasteiger charge is 2.26. The molecular formula is C8H18N2. The second-order valence-electron chi connectivity index (χ2n) is 3.64. The van der Waals surface area contributed by atoms with Crippen LogP contribution in [-0.4, -0.2) is 49.6 Å². The lowest BCUT2D eigenvalue weighted by molar-refractivity contribution is 0.283. The first-order valence-corrected chi connectivity index (χ1v) is 3.98. The Balaban J connectivity index is 2.41. The molecule has 0 aromatic carbocycles. The molecule has 0 spiro atoms. The Morgan fingerprint density at radius 1 is 1.40 bits per heavy atom. The molecule has 2 unspecified atom stereocenters. The number of hydrogen-bond acceptors (Lipinski definition) is 2. The molecule has 0 bridgehead atoms. The Hall–Kier alpha value is -0.0800. The smallest absolute Gasteiger partial charge is 0.0231 e. The standard InChI is InChI=1S/C8H18N2/c1-7-5-8(9(2)3)6-10(7)4/h7-8H,5-6H2,1-4H3. The summed E-state index contributed by atoms with van der Waals surface area (Å²) in [4.78, 5) is 4.74. The Morgan fingerprint density at radius 3 is 2.20 bits per heavy atom. The van der Waals surface area contributed by atoms with Gasteiger partial charge in [-0.3, -0.25) is 0 Å². The first kappa shape index (κ1) is 8.02. The maximum atomic E-state index is 2.42. The molecule has 10 heavy (non-hydrogen) atoms. The number of rotatable bonds is 1. The van der Waals surface area contributed by atoms with E-state index in [9.17, 15) is 0 Å². The van der Waals surface area contributed by atoms with Crippen molar-refractivity contribution in [1.29, 1.82) is 0 Å². The van der Waals surface area contributed by atoms with Gasteiger partial charge in [0.05, 0.1) is 0 Å². The van der Waals surface area contributed by atoms with Gasteiger partial charge in [0.1, 0.15) is 0 Å². The Bertz CT molecular complexity index is 102. The van der Waals surface area contributed by atoms with Gasteiger partial charge in [-0.25, -0.2) is 0 Å². The van der Waals surface area contributed by atoms with Gasteiger partial charge in [-0.2, -0.15) is 0 Å². The SMILES string of the molecule is CC1CC(N(C)C)CN1C. The zero-order valence-electron chi connectivity index (χ0n) is 7.46. The van der Waals surface area contributed by atoms with E-state index in [2.05, 4.69) is 37.9 Å². The van der Waals surface area contributed by atoms with Crippen LogP contribution in [0.15, 0.2) is 0 Å². The molecule has 2 heteroatoms. The molecule has 2 atom stereocenters. The summed E-state index contributed by atoms with van der Waals surface area (Å²) in [5.74, 6) is 0. The molecule has 0 N–H and O–H groups in total. The normalized spacial score (nSPS) is 35.7. The predicted octanol–water partition coefficient (Wildman–Crippen LogP) is 0.641. The molecule has 0 aromatic heterocycles. The van der Waals surface area contributed by atoms with Crippen molar-refractivity contribution in [3.8, 4) is 0 Å². The summed E-state index contributed by atoms with van der Waals surface area (Å²) < 4.78 is 0. The summed E-state index contributed by atoms with van der Waals surface area (Å²) in [5.41, 5.74) is 0. The van der Waals surface area contributed by atoms with Crippen LogP contribution in [0.25, 0.3) is 0 Å². The Labute approximate surface area is 63.8 Å². The largest absolute Gasteiger partial charge is 0.305 e. The van der Waals surface area contributed by atoms with E-state index >= 15 is 0 Å². The highest BCUT2D eigenvalue weighted by molar-refractivity contribution is 4.84. The fourth-order valence-corrected chi connectivity index (χ4v) is 1.53. The fraction of sp³-hybridized carbons (Fsp3) is 1.00. The predicted molar refractivity (Wildman–Crippen MR) is 44.2 cm³/mol. The molecule has 1 aliphatic heterocycles. The quantitative estimate of drug-likeness (QED) is 0.530. The van der Waals surface area contributed by atoms with Gasteiger partial charge in [-0.1, -0.05) is 0 Å². The maximum Gasteiger partial charge on any atom is 0.0231 e. The van der Waals surface area contributed by atoms with Gasteiger partial charge in [-0.05, 0) is 34.5 Å². The third-order valence-corrected chi connectivity index (χ3v) is 2.59. The third kappa shape index (κ3) is 1.50. The van der Waals surface area contributed by atoms with Gasteiger partial charge < -0.3 is 9.80 Å². The molecule has 60 valence electrons. The summed E-state index contributed by atoms with van der Waals surface area (Å²) in [7, 11) is 6.53. The highest BCUT2D eigenvalue weighted by Crippen LogP contribution is 2.17. The van der Waals surface area contributed by atoms with Crippen LogP contribution in [0.2, 0.25) is 0 Å². The Morgan fingerprint density at radius 2 is 2.00 bits per heavy atom. The van der Waals surface area contributed by atoms with Crippen LogP contribution in [0.3, 0.4) is 0 Å². The zero-order chi connectivity index (χ0) is 7.72. The minimum atomic E-state index is 0.771. The number of hydrogen-bond donors (Lipinski definition) is 0. The summed E-state index contributed by atoms with van der Waals surface area (Å²) in [6, 6.07) is 1.55. The minimum Gasteiger partial charge on any atom is -0.305 e. The second-order valence-corrected chi connectivity index (χ2v) is 3.64. The topological polar surface area (TPSA) is 6.48 Å². The van der Waals surface area contributed by atoms with E-state index in [0.717, 1.165) is 12.1 Å². The zero-order valence-corrected chi connectivity index (χ0v) is 7.46. The molecule has 1 saturated heterocycles. The van der Waals surface area contributed by atoms with Crippen LogP contribution in [-0.2, 0) is 0 Å². The van der Waals surface area contributed by atoms with Crippen molar-refractivity contribution in [1.82, 2.24) is 9.80 Å². The molecule has 1 heterocycles. The summed E-state index contributed by atoms with van der Waals surface area (Å²) in [5, 5.41) is 0. The van der Waals surface area contributed by atoms with E-state index < -0.39 is 0 Å². The summed E-state index contributed by atoms with van der Waals surface area (Å²) in [6.07, 6.45) is 1.32. The van der Waals surface area contributed by atoms with E-state index in [4.69, 9.17) is 0 Å². The van der Waals surface area contributed by atoms with Crippen molar-refractivity contribution in [2.24, 2.45) is 0 Å². The highest BCUT2D eigenvalue weighted by atomic mass is 15.2. The molecule has 1 fully saturated rings. The molecular weight excluding hydrogens is 124 g/mol. The van der Waals surface area contributed by atoms with Gasteiger partial charge >= 0.3 is 0 Å². The van der Waals surface area contributed by atoms with Crippen molar-refractivity contribution in [2.75, 3.05) is 27.7 Å². The van der Waals surface area contributed by atoms with Gasteiger partial charge in [0.15, 0.2) is 0 Å².